The number of carbonyl (C=O) groups is 4. The number of urea groups is 1. The van der Waals surface area contributed by atoms with Crippen molar-refractivity contribution in [1.29, 1.82) is 0 Å². The number of carboxylic acid groups (broad SMARTS) is 1. The second-order valence-corrected chi connectivity index (χ2v) is 5.12. The number of nitrogens with one attached hydrogen (secondary N) is 1. The molecule has 0 bridgehead atoms. The molecule has 2 N–H and O–H groups in total. The predicted octanol–water partition coefficient (Wildman–Crippen LogP) is -0.750. The van der Waals surface area contributed by atoms with Crippen molar-refractivity contribution in [3.63, 3.8) is 0 Å². The lowest BCUT2D eigenvalue weighted by Gasteiger charge is -2.31. The number of aliphatic carboxylic acids is 1. The molecule has 0 spiro atoms. The normalized spacial score (nSPS) is 26.9. The van der Waals surface area contributed by atoms with E-state index < -0.39 is 29.9 Å². The number of imide groups is 1. The maximum Gasteiger partial charge on any atom is 0.318 e. The van der Waals surface area contributed by atoms with Crippen LogP contribution in [0.3, 0.4) is 0 Å². The van der Waals surface area contributed by atoms with Gasteiger partial charge in [0, 0.05) is 20.1 Å². The van der Waals surface area contributed by atoms with Crippen LogP contribution < -0.4 is 5.32 Å². The molecule has 2 atom stereocenters. The largest absolute Gasteiger partial charge is 0.481 e. The molecule has 0 saturated carbocycles. The summed E-state index contributed by atoms with van der Waals surface area (Å²) < 4.78 is 0. The summed E-state index contributed by atoms with van der Waals surface area (Å²) >= 11 is 0. The van der Waals surface area contributed by atoms with E-state index in [0.29, 0.717) is 19.4 Å². The van der Waals surface area contributed by atoms with Crippen LogP contribution in [0, 0.1) is 5.92 Å². The predicted molar refractivity (Wildman–Crippen MR) is 66.6 cm³/mol. The van der Waals surface area contributed by atoms with Crippen molar-refractivity contribution in [2.45, 2.75) is 25.3 Å². The number of likely N-dealkylation sites (N-methyl/N-ethyl adjacent to an activating group) is 1. The highest BCUT2D eigenvalue weighted by Gasteiger charge is 2.38. The molecule has 2 saturated heterocycles. The lowest BCUT2D eigenvalue weighted by molar-refractivity contribution is -0.143. The number of hydrogen-bond acceptors (Lipinski definition) is 4. The van der Waals surface area contributed by atoms with E-state index >= 15 is 0 Å². The van der Waals surface area contributed by atoms with Gasteiger partial charge in [0.15, 0.2) is 0 Å². The number of carbonyl (C=O) groups excluding carboxylic acids is 3. The van der Waals surface area contributed by atoms with Crippen molar-refractivity contribution in [1.82, 2.24) is 15.1 Å². The Labute approximate surface area is 115 Å². The Kier molecular flexibility index (Phi) is 3.91. The van der Waals surface area contributed by atoms with Gasteiger partial charge >= 0.3 is 12.0 Å². The number of hydrogen-bond donors (Lipinski definition) is 2. The average Bonchev–Trinajstić information content (AvgIpc) is 2.66. The second kappa shape index (κ2) is 5.48. The van der Waals surface area contributed by atoms with Crippen LogP contribution in [-0.4, -0.2) is 64.9 Å². The molecule has 110 valence electrons. The zero-order chi connectivity index (χ0) is 14.9. The van der Waals surface area contributed by atoms with Crippen molar-refractivity contribution in [3.05, 3.63) is 0 Å². The average molecular weight is 283 g/mol. The fourth-order valence-corrected chi connectivity index (χ4v) is 2.47. The van der Waals surface area contributed by atoms with Crippen LogP contribution in [0.1, 0.15) is 19.3 Å². The van der Waals surface area contributed by atoms with Gasteiger partial charge in [-0.3, -0.25) is 19.3 Å². The van der Waals surface area contributed by atoms with Gasteiger partial charge in [-0.15, -0.1) is 0 Å². The molecular weight excluding hydrogens is 266 g/mol. The summed E-state index contributed by atoms with van der Waals surface area (Å²) in [5.74, 6) is -2.26. The lowest BCUT2D eigenvalue weighted by Crippen LogP contribution is -2.51. The molecule has 2 aliphatic rings. The number of likely N-dealkylation sites (tertiary alicyclic amines) is 2. The Morgan fingerprint density at radius 2 is 2.05 bits per heavy atom. The summed E-state index contributed by atoms with van der Waals surface area (Å²) in [4.78, 5) is 48.4. The summed E-state index contributed by atoms with van der Waals surface area (Å²) in [6, 6.07) is -1.33. The fraction of sp³-hybridized carbons (Fsp3) is 0.667. The van der Waals surface area contributed by atoms with Crippen LogP contribution in [0.15, 0.2) is 0 Å². The smallest absolute Gasteiger partial charge is 0.318 e. The highest BCUT2D eigenvalue weighted by molar-refractivity contribution is 6.06. The zero-order valence-corrected chi connectivity index (χ0v) is 11.2. The summed E-state index contributed by atoms with van der Waals surface area (Å²) in [6.45, 7) is 0.589. The number of piperidine rings is 1. The van der Waals surface area contributed by atoms with Crippen molar-refractivity contribution in [2.24, 2.45) is 5.92 Å². The summed E-state index contributed by atoms with van der Waals surface area (Å²) in [6.07, 6.45) is 1.11. The summed E-state index contributed by atoms with van der Waals surface area (Å²) in [5.41, 5.74) is 0. The number of amides is 4. The van der Waals surface area contributed by atoms with E-state index in [-0.39, 0.29) is 18.9 Å². The molecule has 1 unspecified atom stereocenters. The van der Waals surface area contributed by atoms with Crippen LogP contribution >= 0.6 is 0 Å². The molecular formula is C12H17N3O5. The first kappa shape index (κ1) is 14.3. The van der Waals surface area contributed by atoms with Gasteiger partial charge in [-0.05, 0) is 12.8 Å². The molecule has 0 aromatic rings. The molecule has 8 heteroatoms. The second-order valence-electron chi connectivity index (χ2n) is 5.12. The fourth-order valence-electron chi connectivity index (χ4n) is 2.47. The maximum absolute atomic E-state index is 12.0. The van der Waals surface area contributed by atoms with E-state index in [1.165, 1.54) is 11.9 Å². The van der Waals surface area contributed by atoms with Gasteiger partial charge in [-0.1, -0.05) is 0 Å². The molecule has 0 radical (unpaired) electrons. The van der Waals surface area contributed by atoms with Gasteiger partial charge in [0.2, 0.25) is 5.91 Å². The molecule has 2 fully saturated rings. The van der Waals surface area contributed by atoms with Crippen molar-refractivity contribution in [2.75, 3.05) is 20.1 Å². The molecule has 20 heavy (non-hydrogen) atoms. The van der Waals surface area contributed by atoms with E-state index in [1.54, 1.807) is 0 Å². The van der Waals surface area contributed by atoms with E-state index in [1.807, 2.05) is 0 Å². The maximum atomic E-state index is 12.0. The number of rotatable bonds is 2. The van der Waals surface area contributed by atoms with Gasteiger partial charge in [0.25, 0.3) is 5.91 Å². The Balaban J connectivity index is 1.93. The third kappa shape index (κ3) is 2.73. The van der Waals surface area contributed by atoms with Gasteiger partial charge in [-0.2, -0.15) is 0 Å². The van der Waals surface area contributed by atoms with Gasteiger partial charge in [0.05, 0.1) is 12.3 Å². The zero-order valence-electron chi connectivity index (χ0n) is 11.2. The summed E-state index contributed by atoms with van der Waals surface area (Å²) in [5, 5.41) is 11.5. The van der Waals surface area contributed by atoms with Gasteiger partial charge in [0.1, 0.15) is 6.04 Å². The molecule has 2 heterocycles. The minimum Gasteiger partial charge on any atom is -0.481 e. The van der Waals surface area contributed by atoms with Gasteiger partial charge < -0.3 is 15.3 Å². The first-order chi connectivity index (χ1) is 9.40. The minimum atomic E-state index is -0.922. The van der Waals surface area contributed by atoms with Crippen molar-refractivity contribution < 1.29 is 24.3 Å². The Hall–Kier alpha value is -2.12. The number of carboxylic acids is 1. The first-order valence-electron chi connectivity index (χ1n) is 6.48. The van der Waals surface area contributed by atoms with Crippen LogP contribution in [0.25, 0.3) is 0 Å². The van der Waals surface area contributed by atoms with Gasteiger partial charge in [-0.25, -0.2) is 4.79 Å². The van der Waals surface area contributed by atoms with Crippen LogP contribution in [0.5, 0.6) is 0 Å². The highest BCUT2D eigenvalue weighted by Crippen LogP contribution is 2.17. The first-order valence-corrected chi connectivity index (χ1v) is 6.48. The van der Waals surface area contributed by atoms with Crippen molar-refractivity contribution >= 4 is 23.8 Å². The van der Waals surface area contributed by atoms with E-state index in [9.17, 15) is 19.2 Å². The molecule has 2 rings (SSSR count). The van der Waals surface area contributed by atoms with Crippen LogP contribution in [-0.2, 0) is 14.4 Å². The molecule has 4 amide bonds. The topological polar surface area (TPSA) is 107 Å². The molecule has 8 nitrogen and oxygen atoms in total. The minimum absolute atomic E-state index is 0.0444. The molecule has 0 aliphatic carbocycles. The molecule has 2 aliphatic heterocycles. The third-order valence-electron chi connectivity index (χ3n) is 3.74. The molecule has 0 aromatic heterocycles. The standard InChI is InChI=1S/C12H17N3O5/c1-14-9(16)5-8(10(14)17)13-12(20)15-4-2-3-7(6-15)11(18)19/h7-8H,2-6H2,1H3,(H,13,20)(H,18,19)/t7-,8?/m1/s1. The number of nitrogens with zero attached hydrogens (tertiary/aromatic N) is 2. The van der Waals surface area contributed by atoms with Crippen LogP contribution in [0.4, 0.5) is 4.79 Å². The monoisotopic (exact) mass is 283 g/mol. The van der Waals surface area contributed by atoms with Crippen LogP contribution in [0.2, 0.25) is 0 Å². The summed E-state index contributed by atoms with van der Waals surface area (Å²) in [7, 11) is 1.37. The van der Waals surface area contributed by atoms with E-state index in [0.717, 1.165) is 4.90 Å². The quantitative estimate of drug-likeness (QED) is 0.648. The Morgan fingerprint density at radius 3 is 2.60 bits per heavy atom. The Bertz CT molecular complexity index is 464. The van der Waals surface area contributed by atoms with E-state index in [2.05, 4.69) is 5.32 Å². The molecule has 0 aromatic carbocycles. The van der Waals surface area contributed by atoms with E-state index in [4.69, 9.17) is 5.11 Å². The highest BCUT2D eigenvalue weighted by atomic mass is 16.4. The SMILES string of the molecule is CN1C(=O)CC(NC(=O)N2CCC[C@@H](C(=O)O)C2)C1=O. The lowest BCUT2D eigenvalue weighted by atomic mass is 9.99. The Morgan fingerprint density at radius 1 is 1.35 bits per heavy atom. The third-order valence-corrected chi connectivity index (χ3v) is 3.74. The van der Waals surface area contributed by atoms with Crippen molar-refractivity contribution in [3.8, 4) is 0 Å².